The van der Waals surface area contributed by atoms with Gasteiger partial charge in [-0.1, -0.05) is 206 Å². The largest absolute Gasteiger partial charge is 0.455 e. The van der Waals surface area contributed by atoms with E-state index in [0.717, 1.165) is 44.6 Å². The number of nitrogens with zero attached hydrogens (tertiary/aromatic N) is 1. The zero-order valence-corrected chi connectivity index (χ0v) is 37.7. The number of rotatable bonds is 7. The highest BCUT2D eigenvalue weighted by molar-refractivity contribution is 6.23. The van der Waals surface area contributed by atoms with Crippen molar-refractivity contribution < 1.29 is 4.42 Å². The lowest BCUT2D eigenvalue weighted by Crippen LogP contribution is -2.28. The second kappa shape index (κ2) is 15.6. The van der Waals surface area contributed by atoms with Crippen LogP contribution in [0.5, 0.6) is 0 Å². The third-order valence-corrected chi connectivity index (χ3v) is 14.7. The lowest BCUT2D eigenvalue weighted by molar-refractivity contribution is 0.670. The highest BCUT2D eigenvalue weighted by atomic mass is 16.3. The van der Waals surface area contributed by atoms with Crippen LogP contribution in [0, 0.1) is 0 Å². The predicted molar refractivity (Wildman–Crippen MR) is 289 cm³/mol. The molecule has 1 aliphatic rings. The van der Waals surface area contributed by atoms with Gasteiger partial charge in [0.25, 0.3) is 0 Å². The molecule has 0 saturated heterocycles. The van der Waals surface area contributed by atoms with E-state index in [1.807, 2.05) is 0 Å². The molecule has 1 aliphatic carbocycles. The van der Waals surface area contributed by atoms with Crippen LogP contribution >= 0.6 is 0 Å². The van der Waals surface area contributed by atoms with E-state index in [1.54, 1.807) is 0 Å². The van der Waals surface area contributed by atoms with Gasteiger partial charge in [0, 0.05) is 39.5 Å². The fraction of sp³-hybridized carbons (Fsp3) is 0.0149. The standard InChI is InChI=1S/C67H43NO/c1-4-18-44(19-5-1)45-32-34-50(35-33-45)68(51-36-38-58-57-30-16-17-31-62(57)67(63(58)42-51,48-22-6-2-7-23-48)49-24-8-3-9-25-49)52-37-39-59-61-41-47-21-11-13-27-54(47)65(66(61)69-64(59)43-52)60-40-46-20-10-12-26-53(46)55-28-14-15-29-56(55)60/h1-43H. The van der Waals surface area contributed by atoms with Crippen LogP contribution in [0.25, 0.3) is 87.6 Å². The van der Waals surface area contributed by atoms with Crippen molar-refractivity contribution in [2.45, 2.75) is 5.41 Å². The fourth-order valence-electron chi connectivity index (χ4n) is 11.7. The third kappa shape index (κ3) is 5.99. The van der Waals surface area contributed by atoms with E-state index in [1.165, 1.54) is 82.4 Å². The molecule has 0 aliphatic heterocycles. The van der Waals surface area contributed by atoms with Gasteiger partial charge < -0.3 is 9.32 Å². The minimum atomic E-state index is -0.540. The molecule has 0 spiro atoms. The molecule has 2 heteroatoms. The Bertz CT molecular complexity index is 4080. The van der Waals surface area contributed by atoms with Crippen LogP contribution in [-0.2, 0) is 5.41 Å². The second-order valence-corrected chi connectivity index (χ2v) is 18.3. The molecule has 2 nitrogen and oxygen atoms in total. The summed E-state index contributed by atoms with van der Waals surface area (Å²) < 4.78 is 7.29. The molecule has 0 radical (unpaired) electrons. The minimum Gasteiger partial charge on any atom is -0.455 e. The van der Waals surface area contributed by atoms with E-state index < -0.39 is 5.41 Å². The number of hydrogen-bond donors (Lipinski definition) is 0. The van der Waals surface area contributed by atoms with Gasteiger partial charge in [-0.3, -0.25) is 0 Å². The Balaban J connectivity index is 1.01. The molecule has 0 atom stereocenters. The van der Waals surface area contributed by atoms with Crippen molar-refractivity contribution in [2.75, 3.05) is 4.90 Å². The number of benzene rings is 12. The van der Waals surface area contributed by atoms with Crippen molar-refractivity contribution in [1.29, 1.82) is 0 Å². The average molecular weight is 878 g/mol. The molecule has 69 heavy (non-hydrogen) atoms. The Morgan fingerprint density at radius 2 is 0.841 bits per heavy atom. The quantitative estimate of drug-likeness (QED) is 0.148. The molecule has 14 rings (SSSR count). The molecule has 1 heterocycles. The molecule has 0 amide bonds. The Kier molecular flexibility index (Phi) is 8.84. The summed E-state index contributed by atoms with van der Waals surface area (Å²) in [5, 5.41) is 9.45. The maximum atomic E-state index is 7.29. The summed E-state index contributed by atoms with van der Waals surface area (Å²) in [6, 6.07) is 95.4. The maximum Gasteiger partial charge on any atom is 0.143 e. The summed E-state index contributed by atoms with van der Waals surface area (Å²) in [7, 11) is 0. The van der Waals surface area contributed by atoms with Crippen molar-refractivity contribution in [3.63, 3.8) is 0 Å². The minimum absolute atomic E-state index is 0.540. The Morgan fingerprint density at radius 1 is 0.304 bits per heavy atom. The Labute approximate surface area is 400 Å². The second-order valence-electron chi connectivity index (χ2n) is 18.3. The third-order valence-electron chi connectivity index (χ3n) is 14.7. The van der Waals surface area contributed by atoms with Crippen LogP contribution in [-0.4, -0.2) is 0 Å². The molecule has 0 saturated carbocycles. The first kappa shape index (κ1) is 39.2. The van der Waals surface area contributed by atoms with Gasteiger partial charge in [-0.15, -0.1) is 0 Å². The Morgan fingerprint density at radius 3 is 1.58 bits per heavy atom. The average Bonchev–Trinajstić information content (AvgIpc) is 3.93. The van der Waals surface area contributed by atoms with Crippen molar-refractivity contribution in [2.24, 2.45) is 0 Å². The van der Waals surface area contributed by atoms with Gasteiger partial charge in [-0.05, 0) is 131 Å². The molecule has 322 valence electrons. The summed E-state index contributed by atoms with van der Waals surface area (Å²) in [5.41, 5.74) is 16.5. The summed E-state index contributed by atoms with van der Waals surface area (Å²) in [5.74, 6) is 0. The molecule has 0 N–H and O–H groups in total. The summed E-state index contributed by atoms with van der Waals surface area (Å²) in [4.78, 5) is 2.40. The van der Waals surface area contributed by atoms with Crippen molar-refractivity contribution in [3.8, 4) is 33.4 Å². The van der Waals surface area contributed by atoms with Crippen LogP contribution in [0.15, 0.2) is 265 Å². The van der Waals surface area contributed by atoms with Crippen LogP contribution in [0.1, 0.15) is 22.3 Å². The molecule has 1 aromatic heterocycles. The van der Waals surface area contributed by atoms with Crippen LogP contribution < -0.4 is 4.90 Å². The van der Waals surface area contributed by atoms with Gasteiger partial charge in [-0.2, -0.15) is 0 Å². The summed E-state index contributed by atoms with van der Waals surface area (Å²) >= 11 is 0. The number of fused-ring (bicyclic) bond motifs is 10. The smallest absolute Gasteiger partial charge is 0.143 e. The predicted octanol–water partition coefficient (Wildman–Crippen LogP) is 18.2. The van der Waals surface area contributed by atoms with E-state index in [2.05, 4.69) is 266 Å². The van der Waals surface area contributed by atoms with Gasteiger partial charge in [0.2, 0.25) is 0 Å². The number of hydrogen-bond acceptors (Lipinski definition) is 2. The van der Waals surface area contributed by atoms with Crippen LogP contribution in [0.3, 0.4) is 0 Å². The number of furan rings is 1. The van der Waals surface area contributed by atoms with Gasteiger partial charge in [0.15, 0.2) is 0 Å². The van der Waals surface area contributed by atoms with E-state index in [4.69, 9.17) is 4.42 Å². The Hall–Kier alpha value is -8.98. The van der Waals surface area contributed by atoms with E-state index in [9.17, 15) is 0 Å². The molecule has 13 aromatic rings. The molecular weight excluding hydrogens is 835 g/mol. The topological polar surface area (TPSA) is 16.4 Å². The highest BCUT2D eigenvalue weighted by Gasteiger charge is 2.46. The molecule has 0 unspecified atom stereocenters. The van der Waals surface area contributed by atoms with Gasteiger partial charge in [0.05, 0.1) is 5.41 Å². The van der Waals surface area contributed by atoms with Crippen LogP contribution in [0.4, 0.5) is 17.1 Å². The first-order chi connectivity index (χ1) is 34.2. The van der Waals surface area contributed by atoms with Gasteiger partial charge in [-0.25, -0.2) is 0 Å². The van der Waals surface area contributed by atoms with E-state index in [-0.39, 0.29) is 0 Å². The van der Waals surface area contributed by atoms with Crippen molar-refractivity contribution >= 4 is 71.3 Å². The van der Waals surface area contributed by atoms with Crippen molar-refractivity contribution in [3.05, 3.63) is 283 Å². The zero-order chi connectivity index (χ0) is 45.5. The van der Waals surface area contributed by atoms with E-state index in [0.29, 0.717) is 0 Å². The summed E-state index contributed by atoms with van der Waals surface area (Å²) in [6.07, 6.45) is 0. The van der Waals surface area contributed by atoms with Gasteiger partial charge in [0.1, 0.15) is 11.2 Å². The SMILES string of the molecule is c1ccc(-c2ccc(N(c3ccc4c(c3)C(c3ccccc3)(c3ccccc3)c3ccccc3-4)c3ccc4c(c3)oc3c(-c5cc6ccccc6c6ccccc56)c5ccccc5cc34)cc2)cc1. The number of anilines is 3. The molecule has 0 fully saturated rings. The van der Waals surface area contributed by atoms with Crippen molar-refractivity contribution in [1.82, 2.24) is 0 Å². The first-order valence-corrected chi connectivity index (χ1v) is 23.8. The normalized spacial score (nSPS) is 12.8. The fourth-order valence-corrected chi connectivity index (χ4v) is 11.7. The van der Waals surface area contributed by atoms with E-state index >= 15 is 0 Å². The van der Waals surface area contributed by atoms with Gasteiger partial charge >= 0.3 is 0 Å². The molecule has 0 bridgehead atoms. The molecular formula is C67H43NO. The maximum absolute atomic E-state index is 7.29. The zero-order valence-electron chi connectivity index (χ0n) is 37.7. The highest BCUT2D eigenvalue weighted by Crippen LogP contribution is 2.57. The molecule has 12 aromatic carbocycles. The lowest BCUT2D eigenvalue weighted by Gasteiger charge is -2.35. The monoisotopic (exact) mass is 877 g/mol. The summed E-state index contributed by atoms with van der Waals surface area (Å²) in [6.45, 7) is 0. The lowest BCUT2D eigenvalue weighted by atomic mass is 9.67. The van der Waals surface area contributed by atoms with Crippen LogP contribution in [0.2, 0.25) is 0 Å². The first-order valence-electron chi connectivity index (χ1n) is 23.8.